The van der Waals surface area contributed by atoms with Crippen molar-refractivity contribution in [2.75, 3.05) is 6.54 Å². The number of likely N-dealkylation sites (tertiary alicyclic amines) is 1. The molecule has 1 aliphatic rings. The predicted molar refractivity (Wildman–Crippen MR) is 80.3 cm³/mol. The van der Waals surface area contributed by atoms with E-state index in [4.69, 9.17) is 10.9 Å². The van der Waals surface area contributed by atoms with Gasteiger partial charge >= 0.3 is 0 Å². The summed E-state index contributed by atoms with van der Waals surface area (Å²) in [6.45, 7) is 2.94. The van der Waals surface area contributed by atoms with Gasteiger partial charge in [0.15, 0.2) is 5.84 Å². The van der Waals surface area contributed by atoms with Crippen LogP contribution >= 0.6 is 0 Å². The SMILES string of the molecule is CCCC1CCCCN1C(=O)c1ccc(/C(N)=N/O)cn1. The van der Waals surface area contributed by atoms with Gasteiger partial charge in [-0.2, -0.15) is 0 Å². The largest absolute Gasteiger partial charge is 0.409 e. The molecule has 1 amide bonds. The quantitative estimate of drug-likeness (QED) is 0.384. The highest BCUT2D eigenvalue weighted by Crippen LogP contribution is 2.22. The average Bonchev–Trinajstić information content (AvgIpc) is 2.54. The van der Waals surface area contributed by atoms with Gasteiger partial charge in [0.25, 0.3) is 5.91 Å². The van der Waals surface area contributed by atoms with Gasteiger partial charge in [0.2, 0.25) is 0 Å². The number of rotatable bonds is 4. The number of aromatic nitrogens is 1. The lowest BCUT2D eigenvalue weighted by atomic mass is 9.98. The van der Waals surface area contributed by atoms with E-state index in [2.05, 4.69) is 17.1 Å². The van der Waals surface area contributed by atoms with Crippen LogP contribution in [-0.4, -0.2) is 39.4 Å². The van der Waals surface area contributed by atoms with E-state index in [1.165, 1.54) is 12.6 Å². The molecule has 1 saturated heterocycles. The van der Waals surface area contributed by atoms with Gasteiger partial charge in [-0.1, -0.05) is 18.5 Å². The van der Waals surface area contributed by atoms with E-state index in [9.17, 15) is 4.79 Å². The standard InChI is InChI=1S/C15H22N4O2/c1-2-5-12-6-3-4-9-19(12)15(20)13-8-7-11(10-17-13)14(16)18-21/h7-8,10,12,21H,2-6,9H2,1H3,(H2,16,18). The summed E-state index contributed by atoms with van der Waals surface area (Å²) >= 11 is 0. The summed E-state index contributed by atoms with van der Waals surface area (Å²) in [4.78, 5) is 18.7. The Bertz CT molecular complexity index is 511. The number of hydrogen-bond donors (Lipinski definition) is 2. The highest BCUT2D eigenvalue weighted by atomic mass is 16.4. The Kier molecular flexibility index (Phi) is 5.14. The highest BCUT2D eigenvalue weighted by Gasteiger charge is 2.27. The van der Waals surface area contributed by atoms with Crippen LogP contribution in [0.25, 0.3) is 0 Å². The molecule has 1 aromatic heterocycles. The molecule has 0 aliphatic carbocycles. The van der Waals surface area contributed by atoms with E-state index >= 15 is 0 Å². The van der Waals surface area contributed by atoms with E-state index in [0.29, 0.717) is 17.3 Å². The minimum absolute atomic E-state index is 0.0108. The number of carbonyl (C=O) groups is 1. The second-order valence-corrected chi connectivity index (χ2v) is 5.35. The molecule has 1 unspecified atom stereocenters. The Balaban J connectivity index is 2.14. The maximum atomic E-state index is 12.6. The van der Waals surface area contributed by atoms with Gasteiger partial charge in [-0.3, -0.25) is 9.78 Å². The van der Waals surface area contributed by atoms with Crippen LogP contribution in [0.15, 0.2) is 23.5 Å². The molecule has 3 N–H and O–H groups in total. The van der Waals surface area contributed by atoms with Crippen LogP contribution in [0.4, 0.5) is 0 Å². The Morgan fingerprint density at radius 3 is 2.95 bits per heavy atom. The number of nitrogens with two attached hydrogens (primary N) is 1. The molecule has 0 aromatic carbocycles. The molecule has 6 nitrogen and oxygen atoms in total. The van der Waals surface area contributed by atoms with Crippen molar-refractivity contribution < 1.29 is 10.0 Å². The van der Waals surface area contributed by atoms with Gasteiger partial charge < -0.3 is 15.8 Å². The number of hydrogen-bond acceptors (Lipinski definition) is 4. The summed E-state index contributed by atoms with van der Waals surface area (Å²) in [5.41, 5.74) is 6.40. The van der Waals surface area contributed by atoms with E-state index in [1.807, 2.05) is 4.90 Å². The predicted octanol–water partition coefficient (Wildman–Crippen LogP) is 1.97. The van der Waals surface area contributed by atoms with Gasteiger partial charge in [0.05, 0.1) is 0 Å². The second kappa shape index (κ2) is 7.06. The van der Waals surface area contributed by atoms with Crippen LogP contribution in [0, 0.1) is 0 Å². The van der Waals surface area contributed by atoms with E-state index < -0.39 is 0 Å². The van der Waals surface area contributed by atoms with Gasteiger partial charge in [-0.05, 0) is 37.8 Å². The van der Waals surface area contributed by atoms with E-state index in [1.54, 1.807) is 12.1 Å². The van der Waals surface area contributed by atoms with Crippen LogP contribution < -0.4 is 5.73 Å². The highest BCUT2D eigenvalue weighted by molar-refractivity contribution is 5.98. The first-order valence-electron chi connectivity index (χ1n) is 7.42. The minimum atomic E-state index is -0.0285. The van der Waals surface area contributed by atoms with Gasteiger partial charge in [-0.25, -0.2) is 0 Å². The summed E-state index contributed by atoms with van der Waals surface area (Å²) in [5, 5.41) is 11.5. The lowest BCUT2D eigenvalue weighted by molar-refractivity contribution is 0.0594. The van der Waals surface area contributed by atoms with Crippen molar-refractivity contribution in [3.05, 3.63) is 29.6 Å². The lowest BCUT2D eigenvalue weighted by Gasteiger charge is -2.35. The van der Waals surface area contributed by atoms with Crippen LogP contribution in [0.1, 0.15) is 55.1 Å². The van der Waals surface area contributed by atoms with E-state index in [-0.39, 0.29) is 11.7 Å². The summed E-state index contributed by atoms with van der Waals surface area (Å²) in [5.74, 6) is -0.0393. The molecule has 1 aliphatic heterocycles. The van der Waals surface area contributed by atoms with Crippen LogP contribution in [0.3, 0.4) is 0 Å². The van der Waals surface area contributed by atoms with Crippen molar-refractivity contribution in [2.24, 2.45) is 10.9 Å². The second-order valence-electron chi connectivity index (χ2n) is 5.35. The van der Waals surface area contributed by atoms with Crippen molar-refractivity contribution in [3.8, 4) is 0 Å². The fraction of sp³-hybridized carbons (Fsp3) is 0.533. The van der Waals surface area contributed by atoms with Crippen molar-refractivity contribution in [1.29, 1.82) is 0 Å². The minimum Gasteiger partial charge on any atom is -0.409 e. The summed E-state index contributed by atoms with van der Waals surface area (Å²) < 4.78 is 0. The molecule has 0 bridgehead atoms. The van der Waals surface area contributed by atoms with Crippen molar-refractivity contribution in [1.82, 2.24) is 9.88 Å². The molecule has 0 radical (unpaired) electrons. The molecule has 1 fully saturated rings. The van der Waals surface area contributed by atoms with Crippen molar-refractivity contribution in [3.63, 3.8) is 0 Å². The Morgan fingerprint density at radius 2 is 2.33 bits per heavy atom. The number of oxime groups is 1. The third-order valence-corrected chi connectivity index (χ3v) is 3.90. The Hall–Kier alpha value is -2.11. The normalized spacial score (nSPS) is 19.6. The number of piperidine rings is 1. The maximum Gasteiger partial charge on any atom is 0.272 e. The Morgan fingerprint density at radius 1 is 1.52 bits per heavy atom. The summed E-state index contributed by atoms with van der Waals surface area (Å²) in [6, 6.07) is 3.60. The first-order valence-corrected chi connectivity index (χ1v) is 7.42. The third-order valence-electron chi connectivity index (χ3n) is 3.90. The topological polar surface area (TPSA) is 91.8 Å². The average molecular weight is 290 g/mol. The molecule has 1 aromatic rings. The molecule has 6 heteroatoms. The zero-order valence-corrected chi connectivity index (χ0v) is 12.3. The molecule has 114 valence electrons. The van der Waals surface area contributed by atoms with Crippen molar-refractivity contribution >= 4 is 11.7 Å². The molecule has 2 heterocycles. The number of amides is 1. The number of pyridine rings is 1. The summed E-state index contributed by atoms with van der Waals surface area (Å²) in [7, 11) is 0. The maximum absolute atomic E-state index is 12.6. The van der Waals surface area contributed by atoms with Crippen LogP contribution in [0.2, 0.25) is 0 Å². The van der Waals surface area contributed by atoms with Crippen LogP contribution in [-0.2, 0) is 0 Å². The van der Waals surface area contributed by atoms with Crippen LogP contribution in [0.5, 0.6) is 0 Å². The van der Waals surface area contributed by atoms with Gasteiger partial charge in [0, 0.05) is 24.3 Å². The fourth-order valence-electron chi connectivity index (χ4n) is 2.78. The number of carbonyl (C=O) groups excluding carboxylic acids is 1. The van der Waals surface area contributed by atoms with E-state index in [0.717, 1.165) is 32.2 Å². The first kappa shape index (κ1) is 15.3. The van der Waals surface area contributed by atoms with Crippen molar-refractivity contribution in [2.45, 2.75) is 45.1 Å². The fourth-order valence-corrected chi connectivity index (χ4v) is 2.78. The smallest absolute Gasteiger partial charge is 0.272 e. The number of amidine groups is 1. The lowest BCUT2D eigenvalue weighted by Crippen LogP contribution is -2.44. The zero-order valence-electron chi connectivity index (χ0n) is 12.3. The first-order chi connectivity index (χ1) is 10.2. The molecule has 21 heavy (non-hydrogen) atoms. The molecule has 0 spiro atoms. The molecule has 0 saturated carbocycles. The third kappa shape index (κ3) is 3.51. The van der Waals surface area contributed by atoms with Gasteiger partial charge in [-0.15, -0.1) is 0 Å². The molecular weight excluding hydrogens is 268 g/mol. The Labute approximate surface area is 124 Å². The molecular formula is C15H22N4O2. The molecule has 1 atom stereocenters. The number of nitrogens with zero attached hydrogens (tertiary/aromatic N) is 3. The summed E-state index contributed by atoms with van der Waals surface area (Å²) in [6.07, 6.45) is 6.87. The zero-order chi connectivity index (χ0) is 15.2. The van der Waals surface area contributed by atoms with Gasteiger partial charge in [0.1, 0.15) is 5.69 Å². The monoisotopic (exact) mass is 290 g/mol. The molecule has 2 rings (SSSR count).